The summed E-state index contributed by atoms with van der Waals surface area (Å²) in [6.45, 7) is 29.4. The number of halogens is 6. The largest absolute Gasteiger partial charge is 0.394 e. The molecule has 21 rings (SSSR count). The Morgan fingerprint density at radius 2 is 0.640 bits per heavy atom. The highest BCUT2D eigenvalue weighted by molar-refractivity contribution is 7.28. The summed E-state index contributed by atoms with van der Waals surface area (Å²) in [6, 6.07) is 73.9. The highest BCUT2D eigenvalue weighted by Gasteiger charge is 2.49. The number of rotatable bonds is 12. The van der Waals surface area contributed by atoms with E-state index in [2.05, 4.69) is 266 Å². The standard InChI is InChI=1S/2C23H22F3N2S.C23H23N2S.2C23H25N2S/c1-14-8-5-6-10-16(14)20-21-19(27-13-28(20)4)18-15(9-7-11-17(18)29-21)12-22(2,3)23(24,25)26;1-14-9-10-15(12-22(2,3)23(24,25)26)11-17(14)20-21-19(27-13-28(20)4)16-7-5-6-8-18(16)29-21;1-15-8-3-6-11-17(15)21-23-20(24-14-25(21)2)19-13-7-12-18(22(19)26-23)16-9-4-5-10-16;1-15-8-6-7-9-17(15)21-22-20(24-14-25(21)5)18-12-16(13-23(2,3)4)10-11-19(18)26-22;1-15-8-6-7-9-17(15)21-22-20(24-14-25(21)5)18-11-10-16(12-19(18)26-22)13-23(2,3)4/h2*5-11,13H,12H2,1-4H3;3,6-8,11-14,16H,4-5,9-10H2,1-2H3;2*6-12,14H,13H2,1-5H3/q5*+1. The van der Waals surface area contributed by atoms with Crippen LogP contribution in [0.1, 0.15) is 156 Å². The molecule has 1 fully saturated rings. The van der Waals surface area contributed by atoms with E-state index in [1.165, 1.54) is 159 Å². The van der Waals surface area contributed by atoms with Crippen molar-refractivity contribution >= 4 is 158 Å². The smallest absolute Gasteiger partial charge is 0.231 e. The summed E-state index contributed by atoms with van der Waals surface area (Å²) in [5.74, 6) is 0.724. The minimum Gasteiger partial charge on any atom is -0.231 e. The Hall–Kier alpha value is -11.7. The first-order chi connectivity index (χ1) is 64.6. The molecule has 1 aliphatic carbocycles. The van der Waals surface area contributed by atoms with E-state index in [4.69, 9.17) is 15.0 Å². The van der Waals surface area contributed by atoms with Gasteiger partial charge in [-0.15, -0.1) is 56.7 Å². The molecule has 10 heterocycles. The van der Waals surface area contributed by atoms with E-state index in [1.807, 2.05) is 132 Å². The van der Waals surface area contributed by atoms with E-state index in [0.717, 1.165) is 110 Å². The number of benzene rings is 10. The molecule has 0 amide bonds. The molecule has 136 heavy (non-hydrogen) atoms. The number of alkyl halides is 6. The number of fused-ring (bicyclic) bond motifs is 15. The minimum atomic E-state index is -4.27. The van der Waals surface area contributed by atoms with Crippen molar-refractivity contribution < 1.29 is 49.2 Å². The van der Waals surface area contributed by atoms with Crippen LogP contribution in [0, 0.1) is 56.3 Å². The minimum absolute atomic E-state index is 0.0614. The summed E-state index contributed by atoms with van der Waals surface area (Å²) in [7, 11) is 10.2. The zero-order valence-electron chi connectivity index (χ0n) is 81.1. The number of hydrogen-bond donors (Lipinski definition) is 0. The van der Waals surface area contributed by atoms with Crippen molar-refractivity contribution in [2.75, 3.05) is 0 Å². The number of hydrogen-bond acceptors (Lipinski definition) is 10. The highest BCUT2D eigenvalue weighted by Crippen LogP contribution is 2.50. The maximum atomic E-state index is 13.5. The van der Waals surface area contributed by atoms with Crippen molar-refractivity contribution in [1.82, 2.24) is 24.9 Å². The molecule has 0 unspecified atom stereocenters. The third kappa shape index (κ3) is 19.4. The van der Waals surface area contributed by atoms with Gasteiger partial charge in [-0.25, -0.2) is 22.8 Å². The molecule has 1 saturated carbocycles. The summed E-state index contributed by atoms with van der Waals surface area (Å²) in [5.41, 5.74) is 25.6. The van der Waals surface area contributed by atoms with Crippen LogP contribution in [0.25, 0.3) is 158 Å². The van der Waals surface area contributed by atoms with E-state index in [9.17, 15) is 26.3 Å². The summed E-state index contributed by atoms with van der Waals surface area (Å²) in [6.07, 6.45) is 8.30. The maximum Gasteiger partial charge on any atom is 0.394 e. The lowest BCUT2D eigenvalue weighted by Crippen LogP contribution is -2.34. The van der Waals surface area contributed by atoms with Crippen LogP contribution >= 0.6 is 56.7 Å². The normalized spacial score (nSPS) is 13.0. The first kappa shape index (κ1) is 96.0. The fourth-order valence-corrected chi connectivity index (χ4v) is 25.7. The molecular formula is C115H117F6N10S5+5. The van der Waals surface area contributed by atoms with E-state index >= 15 is 0 Å². The zero-order chi connectivity index (χ0) is 96.6. The summed E-state index contributed by atoms with van der Waals surface area (Å²) >= 11 is 8.90. The molecule has 0 atom stereocenters. The molecule has 1 aliphatic rings. The zero-order valence-corrected chi connectivity index (χ0v) is 85.2. The molecule has 10 aromatic carbocycles. The van der Waals surface area contributed by atoms with Crippen LogP contribution in [0.5, 0.6) is 0 Å². The van der Waals surface area contributed by atoms with Gasteiger partial charge in [0.2, 0.25) is 27.6 Å². The third-order valence-corrected chi connectivity index (χ3v) is 32.3. The van der Waals surface area contributed by atoms with Crippen molar-refractivity contribution in [3.63, 3.8) is 0 Å². The van der Waals surface area contributed by atoms with E-state index < -0.39 is 23.2 Å². The second-order valence-corrected chi connectivity index (χ2v) is 45.8. The average molecular weight is 1910 g/mol. The molecule has 0 N–H and O–H groups in total. The quantitative estimate of drug-likeness (QED) is 0.0899. The van der Waals surface area contributed by atoms with Gasteiger partial charge in [-0.2, -0.15) is 26.3 Å². The number of aromatic nitrogens is 10. The van der Waals surface area contributed by atoms with Gasteiger partial charge in [-0.3, -0.25) is 0 Å². The van der Waals surface area contributed by atoms with Crippen LogP contribution in [0.2, 0.25) is 0 Å². The topological polar surface area (TPSA) is 83.8 Å². The van der Waals surface area contributed by atoms with E-state index in [0.29, 0.717) is 16.5 Å². The monoisotopic (exact) mass is 1910 g/mol. The molecule has 0 bridgehead atoms. The summed E-state index contributed by atoms with van der Waals surface area (Å²) in [5, 5.41) is 5.80. The Bertz CT molecular complexity index is 7910. The SMILES string of the molecule is Cc1ccc(CC(C)(C)C(F)(F)F)cc1-c1c2sc3ccccc3c2nc[n+]1C.Cc1ccccc1-c1c2sc3c(C4CCCC4)cccc3c2nc[n+]1C.Cc1ccccc1-c1c2sc3cc(CC(C)(C)C)ccc3c2nc[n+]1C.Cc1ccccc1-c1c2sc3ccc(CC(C)(C)C)cc3c2nc[n+]1C.Cc1ccccc1-c1c2sc3cccc(CC(C)(C)C(F)(F)F)c3c2nc[n+]1C. The van der Waals surface area contributed by atoms with Crippen LogP contribution in [0.4, 0.5) is 26.3 Å². The van der Waals surface area contributed by atoms with Crippen LogP contribution in [0.3, 0.4) is 0 Å². The Morgan fingerprint density at radius 3 is 1.12 bits per heavy atom. The Kier molecular flexibility index (Phi) is 26.8. The predicted octanol–water partition coefficient (Wildman–Crippen LogP) is 30.3. The van der Waals surface area contributed by atoms with Crippen molar-refractivity contribution in [2.45, 2.75) is 173 Å². The van der Waals surface area contributed by atoms with Crippen LogP contribution in [-0.4, -0.2) is 37.3 Å². The highest BCUT2D eigenvalue weighted by atomic mass is 32.1. The van der Waals surface area contributed by atoms with Gasteiger partial charge in [0.25, 0.3) is 31.6 Å². The van der Waals surface area contributed by atoms with Gasteiger partial charge in [0.05, 0.1) is 46.1 Å². The predicted molar refractivity (Wildman–Crippen MR) is 557 cm³/mol. The summed E-state index contributed by atoms with van der Waals surface area (Å²) < 4.78 is 103. The Balaban J connectivity index is 0.000000118. The average Bonchev–Trinajstić information content (AvgIpc) is 1.56. The molecule has 0 saturated heterocycles. The number of aryl methyl sites for hydroxylation is 10. The molecular weight excluding hydrogens is 1800 g/mol. The molecule has 10 nitrogen and oxygen atoms in total. The Morgan fingerprint density at radius 1 is 0.294 bits per heavy atom. The molecule has 0 radical (unpaired) electrons. The van der Waals surface area contributed by atoms with Crippen molar-refractivity contribution in [2.24, 2.45) is 56.9 Å². The third-order valence-electron chi connectivity index (χ3n) is 26.4. The molecule has 20 aromatic rings. The van der Waals surface area contributed by atoms with E-state index in [1.54, 1.807) is 53.0 Å². The Labute approximate surface area is 812 Å². The second-order valence-electron chi connectivity index (χ2n) is 40.6. The lowest BCUT2D eigenvalue weighted by Gasteiger charge is -2.28. The number of nitrogens with zero attached hydrogens (tertiary/aromatic N) is 10. The molecule has 0 aliphatic heterocycles. The number of thiophene rings is 5. The van der Waals surface area contributed by atoms with Gasteiger partial charge in [0.1, 0.15) is 23.5 Å². The lowest BCUT2D eigenvalue weighted by molar-refractivity contribution is -0.662. The fourth-order valence-electron chi connectivity index (χ4n) is 19.2. The van der Waals surface area contributed by atoms with Crippen molar-refractivity contribution in [1.29, 1.82) is 0 Å². The van der Waals surface area contributed by atoms with Crippen LogP contribution in [0.15, 0.2) is 244 Å². The first-order valence-corrected chi connectivity index (χ1v) is 50.6. The van der Waals surface area contributed by atoms with Gasteiger partial charge in [-0.1, -0.05) is 240 Å². The van der Waals surface area contributed by atoms with E-state index in [-0.39, 0.29) is 18.3 Å². The van der Waals surface area contributed by atoms with Gasteiger partial charge >= 0.3 is 12.4 Å². The maximum absolute atomic E-state index is 13.5. The molecule has 21 heteroatoms. The van der Waals surface area contributed by atoms with Crippen molar-refractivity contribution in [3.8, 4) is 56.3 Å². The molecule has 0 spiro atoms. The van der Waals surface area contributed by atoms with Gasteiger partial charge in [-0.05, 0) is 225 Å². The van der Waals surface area contributed by atoms with Crippen LogP contribution in [-0.2, 0) is 60.9 Å². The van der Waals surface area contributed by atoms with Crippen LogP contribution < -0.4 is 22.8 Å². The second kappa shape index (κ2) is 38.0. The lowest BCUT2D eigenvalue weighted by atomic mass is 9.84. The molecule has 10 aromatic heterocycles. The fraction of sp³-hybridized carbons (Fsp3) is 0.304. The van der Waals surface area contributed by atoms with Gasteiger partial charge < -0.3 is 0 Å². The van der Waals surface area contributed by atoms with Gasteiger partial charge in [0, 0.05) is 78.2 Å². The van der Waals surface area contributed by atoms with Gasteiger partial charge in [0.15, 0.2) is 28.5 Å². The summed E-state index contributed by atoms with van der Waals surface area (Å²) in [4.78, 5) is 23.6. The molecule has 694 valence electrons. The van der Waals surface area contributed by atoms with Crippen molar-refractivity contribution in [3.05, 3.63) is 300 Å². The first-order valence-electron chi connectivity index (χ1n) is 46.5.